The van der Waals surface area contributed by atoms with E-state index >= 15 is 0 Å². The second-order valence-corrected chi connectivity index (χ2v) is 5.22. The molecule has 2 rings (SSSR count). The van der Waals surface area contributed by atoms with Crippen molar-refractivity contribution >= 4 is 33.3 Å². The van der Waals surface area contributed by atoms with Gasteiger partial charge in [0, 0.05) is 10.7 Å². The molecule has 1 N–H and O–H groups in total. The zero-order valence-electron chi connectivity index (χ0n) is 8.37. The Hall–Kier alpha value is -0.320. The summed E-state index contributed by atoms with van der Waals surface area (Å²) in [5, 5.41) is 10.5. The van der Waals surface area contributed by atoms with Crippen LogP contribution in [0.1, 0.15) is 13.3 Å². The van der Waals surface area contributed by atoms with Gasteiger partial charge in [0.05, 0.1) is 23.7 Å². The first-order chi connectivity index (χ1) is 7.04. The molecule has 0 atom stereocenters. The van der Waals surface area contributed by atoms with Crippen molar-refractivity contribution in [2.45, 2.75) is 18.9 Å². The third-order valence-electron chi connectivity index (χ3n) is 2.72. The lowest BCUT2D eigenvalue weighted by molar-refractivity contribution is 0.00808. The fraction of sp³-hybridized carbons (Fsp3) is 0.500. The fourth-order valence-corrected chi connectivity index (χ4v) is 2.43. The molecular formula is C10H12BrClN2O. The van der Waals surface area contributed by atoms with Crippen molar-refractivity contribution in [1.29, 1.82) is 0 Å². The van der Waals surface area contributed by atoms with Gasteiger partial charge in [-0.15, -0.1) is 0 Å². The van der Waals surface area contributed by atoms with E-state index in [1.54, 1.807) is 6.20 Å². The van der Waals surface area contributed by atoms with E-state index in [9.17, 15) is 5.11 Å². The Bertz CT molecular complexity index is 380. The fourth-order valence-electron chi connectivity index (χ4n) is 1.68. The van der Waals surface area contributed by atoms with Gasteiger partial charge in [-0.05, 0) is 28.4 Å². The molecule has 0 radical (unpaired) electrons. The molecule has 1 fully saturated rings. The molecule has 1 saturated heterocycles. The smallest absolute Gasteiger partial charge is 0.147 e. The summed E-state index contributed by atoms with van der Waals surface area (Å²) in [5.41, 5.74) is -0.557. The molecular weight excluding hydrogens is 279 g/mol. The number of halogens is 2. The molecule has 0 unspecified atom stereocenters. The van der Waals surface area contributed by atoms with Crippen LogP contribution in [0, 0.1) is 0 Å². The number of nitrogens with zero attached hydrogens (tertiary/aromatic N) is 2. The van der Waals surface area contributed by atoms with Crippen molar-refractivity contribution < 1.29 is 5.11 Å². The maximum atomic E-state index is 9.87. The van der Waals surface area contributed by atoms with E-state index < -0.39 is 5.60 Å². The van der Waals surface area contributed by atoms with E-state index in [1.807, 2.05) is 17.9 Å². The number of aliphatic hydroxyl groups is 1. The average Bonchev–Trinajstić information content (AvgIpc) is 2.14. The molecule has 3 nitrogen and oxygen atoms in total. The van der Waals surface area contributed by atoms with Crippen molar-refractivity contribution in [3.8, 4) is 0 Å². The normalized spacial score (nSPS) is 18.8. The Morgan fingerprint density at radius 2 is 2.33 bits per heavy atom. The van der Waals surface area contributed by atoms with Crippen LogP contribution in [0.4, 0.5) is 5.82 Å². The summed E-state index contributed by atoms with van der Waals surface area (Å²) in [6.07, 6.45) is 2.47. The number of rotatable bonds is 2. The summed E-state index contributed by atoms with van der Waals surface area (Å²) in [5.74, 6) is 0.748. The summed E-state index contributed by atoms with van der Waals surface area (Å²) in [6.45, 7) is 3.20. The van der Waals surface area contributed by atoms with Crippen molar-refractivity contribution in [3.63, 3.8) is 0 Å². The van der Waals surface area contributed by atoms with Crippen LogP contribution in [-0.4, -0.2) is 28.8 Å². The van der Waals surface area contributed by atoms with Crippen LogP contribution in [-0.2, 0) is 0 Å². The second kappa shape index (κ2) is 3.92. The summed E-state index contributed by atoms with van der Waals surface area (Å²) in [6, 6.07) is 1.81. The first-order valence-corrected chi connectivity index (χ1v) is 5.99. The van der Waals surface area contributed by atoms with E-state index in [-0.39, 0.29) is 0 Å². The lowest BCUT2D eigenvalue weighted by Gasteiger charge is -2.47. The summed E-state index contributed by atoms with van der Waals surface area (Å²) in [7, 11) is 0. The topological polar surface area (TPSA) is 36.4 Å². The Labute approximate surface area is 102 Å². The quantitative estimate of drug-likeness (QED) is 0.909. The van der Waals surface area contributed by atoms with Crippen molar-refractivity contribution in [1.82, 2.24) is 4.98 Å². The molecule has 0 aliphatic carbocycles. The van der Waals surface area contributed by atoms with Crippen molar-refractivity contribution in [2.75, 3.05) is 18.0 Å². The third kappa shape index (κ3) is 2.12. The molecule has 5 heteroatoms. The van der Waals surface area contributed by atoms with Gasteiger partial charge in [0.25, 0.3) is 0 Å². The molecule has 2 heterocycles. The van der Waals surface area contributed by atoms with Gasteiger partial charge in [-0.3, -0.25) is 0 Å². The van der Waals surface area contributed by atoms with Crippen LogP contribution >= 0.6 is 27.5 Å². The number of aromatic nitrogens is 1. The van der Waals surface area contributed by atoms with Crippen LogP contribution < -0.4 is 4.90 Å². The molecule has 0 saturated carbocycles. The minimum Gasteiger partial charge on any atom is -0.386 e. The number of pyridine rings is 1. The van der Waals surface area contributed by atoms with Gasteiger partial charge < -0.3 is 10.0 Å². The van der Waals surface area contributed by atoms with Crippen LogP contribution in [0.2, 0.25) is 5.02 Å². The zero-order valence-corrected chi connectivity index (χ0v) is 10.7. The zero-order chi connectivity index (χ0) is 11.1. The van der Waals surface area contributed by atoms with E-state index in [4.69, 9.17) is 11.6 Å². The number of anilines is 1. The molecule has 82 valence electrons. The average molecular weight is 292 g/mol. The molecule has 0 spiro atoms. The van der Waals surface area contributed by atoms with Crippen LogP contribution in [0.15, 0.2) is 16.7 Å². The van der Waals surface area contributed by atoms with Gasteiger partial charge in [-0.1, -0.05) is 18.5 Å². The predicted octanol–water partition coefficient (Wildman–Crippen LogP) is 2.46. The van der Waals surface area contributed by atoms with Crippen molar-refractivity contribution in [3.05, 3.63) is 21.8 Å². The molecule has 0 bridgehead atoms. The summed E-state index contributed by atoms with van der Waals surface area (Å²) < 4.78 is 0.863. The first-order valence-electron chi connectivity index (χ1n) is 4.82. The predicted molar refractivity (Wildman–Crippen MR) is 64.4 cm³/mol. The highest BCUT2D eigenvalue weighted by atomic mass is 79.9. The highest BCUT2D eigenvalue weighted by molar-refractivity contribution is 9.10. The first kappa shape index (κ1) is 11.2. The molecule has 0 aromatic carbocycles. The second-order valence-electron chi connectivity index (χ2n) is 3.89. The Balaban J connectivity index is 2.13. The lowest BCUT2D eigenvalue weighted by atomic mass is 9.91. The van der Waals surface area contributed by atoms with E-state index in [1.165, 1.54) is 0 Å². The van der Waals surface area contributed by atoms with Gasteiger partial charge >= 0.3 is 0 Å². The highest BCUT2D eigenvalue weighted by Gasteiger charge is 2.40. The van der Waals surface area contributed by atoms with E-state index in [0.29, 0.717) is 18.1 Å². The minimum atomic E-state index is -0.557. The molecule has 1 aromatic rings. The molecule has 15 heavy (non-hydrogen) atoms. The molecule has 1 aromatic heterocycles. The van der Waals surface area contributed by atoms with Gasteiger partial charge in [0.15, 0.2) is 0 Å². The highest BCUT2D eigenvalue weighted by Crippen LogP contribution is 2.33. The van der Waals surface area contributed by atoms with Crippen molar-refractivity contribution in [2.24, 2.45) is 0 Å². The number of hydrogen-bond acceptors (Lipinski definition) is 3. The molecule has 1 aliphatic rings. The number of hydrogen-bond donors (Lipinski definition) is 1. The maximum absolute atomic E-state index is 9.87. The standard InChI is InChI=1S/C10H12BrClN2O/c1-2-10(15)5-14(6-10)9-8(12)3-7(11)4-13-9/h3-4,15H,2,5-6H2,1H3. The van der Waals surface area contributed by atoms with Crippen LogP contribution in [0.3, 0.4) is 0 Å². The lowest BCUT2D eigenvalue weighted by Crippen LogP contribution is -2.61. The maximum Gasteiger partial charge on any atom is 0.147 e. The Morgan fingerprint density at radius 3 is 2.87 bits per heavy atom. The Kier molecular flexibility index (Phi) is 2.92. The number of β-amino-alcohol motifs (C(OH)–C–C–N with tert-alkyl or cyclic N) is 1. The minimum absolute atomic E-state index is 0.557. The largest absolute Gasteiger partial charge is 0.386 e. The van der Waals surface area contributed by atoms with Gasteiger partial charge in [-0.25, -0.2) is 4.98 Å². The summed E-state index contributed by atoms with van der Waals surface area (Å²) >= 11 is 9.36. The van der Waals surface area contributed by atoms with Gasteiger partial charge in [-0.2, -0.15) is 0 Å². The molecule has 0 amide bonds. The van der Waals surface area contributed by atoms with Gasteiger partial charge in [0.2, 0.25) is 0 Å². The van der Waals surface area contributed by atoms with E-state index in [2.05, 4.69) is 20.9 Å². The van der Waals surface area contributed by atoms with Crippen LogP contribution in [0.25, 0.3) is 0 Å². The third-order valence-corrected chi connectivity index (χ3v) is 3.43. The van der Waals surface area contributed by atoms with Crippen LogP contribution in [0.5, 0.6) is 0 Å². The van der Waals surface area contributed by atoms with Gasteiger partial charge in [0.1, 0.15) is 5.82 Å². The van der Waals surface area contributed by atoms with E-state index in [0.717, 1.165) is 16.7 Å². The Morgan fingerprint density at radius 1 is 1.67 bits per heavy atom. The molecule has 1 aliphatic heterocycles. The summed E-state index contributed by atoms with van der Waals surface area (Å²) in [4.78, 5) is 6.22. The monoisotopic (exact) mass is 290 g/mol. The SMILES string of the molecule is CCC1(O)CN(c2ncc(Br)cc2Cl)C1.